The third kappa shape index (κ3) is 4.72. The topological polar surface area (TPSA) is 89.4 Å². The normalized spacial score (nSPS) is 18.4. The molecule has 2 aromatic carbocycles. The van der Waals surface area contributed by atoms with Gasteiger partial charge in [-0.25, -0.2) is 4.68 Å². The van der Waals surface area contributed by atoms with Crippen molar-refractivity contribution in [3.8, 4) is 0 Å². The van der Waals surface area contributed by atoms with Crippen LogP contribution in [0.2, 0.25) is 0 Å². The number of nitrogens with zero attached hydrogens (tertiary/aromatic N) is 4. The van der Waals surface area contributed by atoms with Gasteiger partial charge in [-0.15, -0.1) is 5.10 Å². The number of aromatic nitrogens is 3. The Labute approximate surface area is 198 Å². The number of fused-ring (bicyclic) bond motifs is 1. The fourth-order valence-corrected chi connectivity index (χ4v) is 4.58. The van der Waals surface area contributed by atoms with E-state index in [0.29, 0.717) is 51.3 Å². The number of ether oxygens (including phenoxy) is 1. The van der Waals surface area contributed by atoms with Gasteiger partial charge in [0.15, 0.2) is 5.69 Å². The van der Waals surface area contributed by atoms with Crippen molar-refractivity contribution in [1.82, 2.24) is 25.2 Å². The number of rotatable bonds is 5. The highest BCUT2D eigenvalue weighted by atomic mass is 16.5. The van der Waals surface area contributed by atoms with Crippen molar-refractivity contribution in [2.24, 2.45) is 5.92 Å². The molecule has 1 atom stereocenters. The average molecular weight is 460 g/mol. The Morgan fingerprint density at radius 2 is 1.79 bits per heavy atom. The van der Waals surface area contributed by atoms with E-state index < -0.39 is 0 Å². The highest BCUT2D eigenvalue weighted by Crippen LogP contribution is 2.28. The summed E-state index contributed by atoms with van der Waals surface area (Å²) in [6, 6.07) is 18.1. The number of carbonyl (C=O) groups excluding carboxylic acids is 2. The van der Waals surface area contributed by atoms with Gasteiger partial charge in [-0.3, -0.25) is 9.59 Å². The van der Waals surface area contributed by atoms with Crippen LogP contribution in [0.3, 0.4) is 0 Å². The molecule has 0 bridgehead atoms. The first kappa shape index (κ1) is 22.3. The number of carbonyl (C=O) groups is 2. The van der Waals surface area contributed by atoms with Crippen molar-refractivity contribution < 1.29 is 14.3 Å². The first-order chi connectivity index (χ1) is 16.6. The molecule has 1 fully saturated rings. The molecule has 0 saturated carbocycles. The molecular weight excluding hydrogens is 430 g/mol. The second-order valence-electron chi connectivity index (χ2n) is 9.05. The van der Waals surface area contributed by atoms with Gasteiger partial charge in [0.2, 0.25) is 5.91 Å². The molecule has 2 aliphatic rings. The maximum absolute atomic E-state index is 13.2. The van der Waals surface area contributed by atoms with Gasteiger partial charge in [-0.1, -0.05) is 65.4 Å². The highest BCUT2D eigenvalue weighted by Gasteiger charge is 2.33. The van der Waals surface area contributed by atoms with Crippen molar-refractivity contribution in [3.05, 3.63) is 82.7 Å². The van der Waals surface area contributed by atoms with E-state index in [0.717, 1.165) is 16.8 Å². The van der Waals surface area contributed by atoms with Crippen molar-refractivity contribution in [2.75, 3.05) is 13.1 Å². The summed E-state index contributed by atoms with van der Waals surface area (Å²) in [5.41, 5.74) is 4.44. The molecule has 8 heteroatoms. The highest BCUT2D eigenvalue weighted by molar-refractivity contribution is 5.93. The number of aryl methyl sites for hydroxylation is 1. The molecule has 1 N–H and O–H groups in total. The maximum atomic E-state index is 13.2. The van der Waals surface area contributed by atoms with Crippen molar-refractivity contribution >= 4 is 11.8 Å². The van der Waals surface area contributed by atoms with E-state index in [1.54, 1.807) is 9.58 Å². The lowest BCUT2D eigenvalue weighted by molar-refractivity contribution is -0.126. The number of benzene rings is 2. The minimum Gasteiger partial charge on any atom is -0.365 e. The number of nitrogens with one attached hydrogen (secondary N) is 1. The van der Waals surface area contributed by atoms with Gasteiger partial charge in [-0.05, 0) is 30.9 Å². The van der Waals surface area contributed by atoms with Gasteiger partial charge in [-0.2, -0.15) is 0 Å². The van der Waals surface area contributed by atoms with E-state index in [-0.39, 0.29) is 23.8 Å². The second-order valence-corrected chi connectivity index (χ2v) is 9.05. The minimum absolute atomic E-state index is 0.0486. The molecule has 3 heterocycles. The number of hydrogen-bond donors (Lipinski definition) is 1. The standard InChI is InChI=1S/C26H29N5O3/c1-18-7-9-20(10-8-18)23-16-31-22(17-34-23)24(28-29-31)26(33)30-13-11-21(12-14-30)25(32)27-15-19-5-3-2-4-6-19/h2-10,21,23H,11-17H2,1H3,(H,27,32)/t23-/m1/s1. The van der Waals surface area contributed by atoms with Crippen LogP contribution in [-0.4, -0.2) is 44.8 Å². The Morgan fingerprint density at radius 3 is 2.53 bits per heavy atom. The lowest BCUT2D eigenvalue weighted by atomic mass is 9.95. The molecule has 1 aromatic heterocycles. The van der Waals surface area contributed by atoms with Crippen LogP contribution >= 0.6 is 0 Å². The van der Waals surface area contributed by atoms with E-state index >= 15 is 0 Å². The van der Waals surface area contributed by atoms with Gasteiger partial charge in [0.05, 0.1) is 18.8 Å². The Hall–Kier alpha value is -3.52. The summed E-state index contributed by atoms with van der Waals surface area (Å²) in [4.78, 5) is 27.5. The monoisotopic (exact) mass is 459 g/mol. The Morgan fingerprint density at radius 1 is 1.06 bits per heavy atom. The molecule has 2 amide bonds. The zero-order valence-electron chi connectivity index (χ0n) is 19.3. The summed E-state index contributed by atoms with van der Waals surface area (Å²) in [6.07, 6.45) is 1.17. The SMILES string of the molecule is Cc1ccc([C@H]2Cn3nnc(C(=O)N4CCC(C(=O)NCc5ccccc5)CC4)c3CO2)cc1. The summed E-state index contributed by atoms with van der Waals surface area (Å²) in [5, 5.41) is 11.4. The van der Waals surface area contributed by atoms with Crippen LogP contribution in [0.4, 0.5) is 0 Å². The summed E-state index contributed by atoms with van der Waals surface area (Å²) < 4.78 is 7.84. The van der Waals surface area contributed by atoms with Gasteiger partial charge in [0.25, 0.3) is 5.91 Å². The zero-order chi connectivity index (χ0) is 23.5. The van der Waals surface area contributed by atoms with Crippen LogP contribution < -0.4 is 5.32 Å². The summed E-state index contributed by atoms with van der Waals surface area (Å²) in [7, 11) is 0. The van der Waals surface area contributed by atoms with E-state index in [9.17, 15) is 9.59 Å². The fraction of sp³-hybridized carbons (Fsp3) is 0.385. The third-order valence-corrected chi connectivity index (χ3v) is 6.71. The number of piperidine rings is 1. The molecule has 2 aliphatic heterocycles. The summed E-state index contributed by atoms with van der Waals surface area (Å²) in [6.45, 7) is 4.46. The molecule has 1 saturated heterocycles. The molecule has 8 nitrogen and oxygen atoms in total. The van der Waals surface area contributed by atoms with Crippen LogP contribution in [-0.2, 0) is 29.2 Å². The van der Waals surface area contributed by atoms with Crippen LogP contribution in [0.25, 0.3) is 0 Å². The molecule has 3 aromatic rings. The molecule has 0 unspecified atom stereocenters. The number of hydrogen-bond acceptors (Lipinski definition) is 5. The molecule has 0 aliphatic carbocycles. The largest absolute Gasteiger partial charge is 0.365 e. The predicted molar refractivity (Wildman–Crippen MR) is 126 cm³/mol. The zero-order valence-corrected chi connectivity index (χ0v) is 19.3. The van der Waals surface area contributed by atoms with Crippen LogP contribution in [0, 0.1) is 12.8 Å². The van der Waals surface area contributed by atoms with E-state index in [1.807, 2.05) is 30.3 Å². The number of amides is 2. The number of likely N-dealkylation sites (tertiary alicyclic amines) is 1. The van der Waals surface area contributed by atoms with Gasteiger partial charge < -0.3 is 15.0 Å². The maximum Gasteiger partial charge on any atom is 0.276 e. The fourth-order valence-electron chi connectivity index (χ4n) is 4.58. The van der Waals surface area contributed by atoms with Crippen molar-refractivity contribution in [2.45, 2.75) is 45.6 Å². The smallest absolute Gasteiger partial charge is 0.276 e. The average Bonchev–Trinajstić information content (AvgIpc) is 3.31. The summed E-state index contributed by atoms with van der Waals surface area (Å²) >= 11 is 0. The van der Waals surface area contributed by atoms with Crippen LogP contribution in [0.5, 0.6) is 0 Å². The van der Waals surface area contributed by atoms with Gasteiger partial charge in [0, 0.05) is 25.6 Å². The van der Waals surface area contributed by atoms with Crippen molar-refractivity contribution in [3.63, 3.8) is 0 Å². The third-order valence-electron chi connectivity index (χ3n) is 6.71. The molecule has 176 valence electrons. The second kappa shape index (κ2) is 9.77. The lowest BCUT2D eigenvalue weighted by Crippen LogP contribution is -2.43. The van der Waals surface area contributed by atoms with E-state index in [1.165, 1.54) is 5.56 Å². The molecule has 34 heavy (non-hydrogen) atoms. The molecule has 0 spiro atoms. The van der Waals surface area contributed by atoms with Crippen LogP contribution in [0.1, 0.15) is 51.8 Å². The first-order valence-electron chi connectivity index (χ1n) is 11.8. The van der Waals surface area contributed by atoms with Gasteiger partial charge in [0.1, 0.15) is 6.10 Å². The predicted octanol–water partition coefficient (Wildman–Crippen LogP) is 3.03. The Bertz CT molecular complexity index is 1150. The quantitative estimate of drug-likeness (QED) is 0.634. The molecular formula is C26H29N5O3. The van der Waals surface area contributed by atoms with Crippen molar-refractivity contribution in [1.29, 1.82) is 0 Å². The molecule has 5 rings (SSSR count). The first-order valence-corrected chi connectivity index (χ1v) is 11.8. The van der Waals surface area contributed by atoms with E-state index in [4.69, 9.17) is 4.74 Å². The summed E-state index contributed by atoms with van der Waals surface area (Å²) in [5.74, 6) is -0.172. The minimum atomic E-state index is -0.137. The van der Waals surface area contributed by atoms with Crippen LogP contribution in [0.15, 0.2) is 54.6 Å². The Balaban J connectivity index is 1.16. The lowest BCUT2D eigenvalue weighted by Gasteiger charge is -2.31. The van der Waals surface area contributed by atoms with E-state index in [2.05, 4.69) is 46.8 Å². The van der Waals surface area contributed by atoms with Gasteiger partial charge >= 0.3 is 0 Å². The Kier molecular flexibility index (Phi) is 6.40. The molecule has 0 radical (unpaired) electrons.